The summed E-state index contributed by atoms with van der Waals surface area (Å²) in [5, 5.41) is 10.5. The van der Waals surface area contributed by atoms with Crippen molar-refractivity contribution in [3.8, 4) is 0 Å². The summed E-state index contributed by atoms with van der Waals surface area (Å²) in [4.78, 5) is 24.7. The molecule has 1 N–H and O–H groups in total. The Hall–Kier alpha value is -1.90. The molecule has 24 heavy (non-hydrogen) atoms. The summed E-state index contributed by atoms with van der Waals surface area (Å²) in [7, 11) is 0. The SMILES string of the molecule is CC(C)(C)C1CCC(CC2=C(O)c3ccccc3C(=O)C2=O)CC1. The molecule has 3 rings (SSSR count). The molecule has 0 bridgehead atoms. The van der Waals surface area contributed by atoms with Crippen molar-refractivity contribution >= 4 is 17.3 Å². The lowest BCUT2D eigenvalue weighted by molar-refractivity contribution is -0.112. The second-order valence-corrected chi connectivity index (χ2v) is 8.32. The van der Waals surface area contributed by atoms with Gasteiger partial charge in [-0.1, -0.05) is 45.0 Å². The van der Waals surface area contributed by atoms with Crippen molar-refractivity contribution in [3.05, 3.63) is 41.0 Å². The molecule has 1 aromatic carbocycles. The molecule has 3 heteroatoms. The monoisotopic (exact) mass is 326 g/mol. The van der Waals surface area contributed by atoms with Crippen LogP contribution in [0, 0.1) is 17.3 Å². The summed E-state index contributed by atoms with van der Waals surface area (Å²) in [6.45, 7) is 6.85. The lowest BCUT2D eigenvalue weighted by Gasteiger charge is -2.37. The van der Waals surface area contributed by atoms with Crippen molar-refractivity contribution in [2.24, 2.45) is 17.3 Å². The fourth-order valence-corrected chi connectivity index (χ4v) is 4.13. The standard InChI is InChI=1S/C21H26O3/c1-21(2,3)14-10-8-13(9-11-14)12-17-18(22)15-6-4-5-7-16(15)19(23)20(17)24/h4-7,13-14,22H,8-12H2,1-3H3. The fourth-order valence-electron chi connectivity index (χ4n) is 4.13. The van der Waals surface area contributed by atoms with Crippen LogP contribution in [-0.4, -0.2) is 16.7 Å². The lowest BCUT2D eigenvalue weighted by Crippen LogP contribution is -2.28. The summed E-state index contributed by atoms with van der Waals surface area (Å²) in [5.41, 5.74) is 1.46. The van der Waals surface area contributed by atoms with Crippen LogP contribution in [0.1, 0.15) is 68.8 Å². The van der Waals surface area contributed by atoms with E-state index in [0.29, 0.717) is 40.4 Å². The number of hydrogen-bond acceptors (Lipinski definition) is 3. The molecule has 0 amide bonds. The van der Waals surface area contributed by atoms with Gasteiger partial charge in [0.15, 0.2) is 0 Å². The molecule has 2 aliphatic rings. The Morgan fingerprint density at radius 3 is 2.12 bits per heavy atom. The number of aliphatic hydroxyl groups excluding tert-OH is 1. The van der Waals surface area contributed by atoms with Crippen LogP contribution in [-0.2, 0) is 4.79 Å². The molecule has 0 unspecified atom stereocenters. The van der Waals surface area contributed by atoms with Crippen LogP contribution in [0.25, 0.3) is 5.76 Å². The van der Waals surface area contributed by atoms with Crippen LogP contribution in [0.4, 0.5) is 0 Å². The molecule has 0 aliphatic heterocycles. The predicted octanol–water partition coefficient (Wildman–Crippen LogP) is 4.96. The minimum absolute atomic E-state index is 0.00754. The van der Waals surface area contributed by atoms with Gasteiger partial charge in [-0.25, -0.2) is 0 Å². The topological polar surface area (TPSA) is 54.4 Å². The third kappa shape index (κ3) is 3.04. The van der Waals surface area contributed by atoms with E-state index in [1.807, 2.05) is 0 Å². The van der Waals surface area contributed by atoms with E-state index in [1.165, 1.54) is 0 Å². The minimum Gasteiger partial charge on any atom is -0.507 e. The molecular formula is C21H26O3. The molecule has 0 spiro atoms. The first kappa shape index (κ1) is 16.9. The summed E-state index contributed by atoms with van der Waals surface area (Å²) in [5.74, 6) is 0.0857. The maximum absolute atomic E-state index is 12.4. The van der Waals surface area contributed by atoms with Crippen LogP contribution in [0.5, 0.6) is 0 Å². The molecule has 0 radical (unpaired) electrons. The Labute approximate surface area is 143 Å². The van der Waals surface area contributed by atoms with E-state index >= 15 is 0 Å². The lowest BCUT2D eigenvalue weighted by atomic mass is 9.68. The van der Waals surface area contributed by atoms with Crippen molar-refractivity contribution in [3.63, 3.8) is 0 Å². The van der Waals surface area contributed by atoms with Crippen LogP contribution < -0.4 is 0 Å². The highest BCUT2D eigenvalue weighted by atomic mass is 16.3. The Kier molecular flexibility index (Phi) is 4.37. The van der Waals surface area contributed by atoms with Gasteiger partial charge in [-0.15, -0.1) is 0 Å². The predicted molar refractivity (Wildman–Crippen MR) is 94.8 cm³/mol. The third-order valence-corrected chi connectivity index (χ3v) is 5.76. The van der Waals surface area contributed by atoms with E-state index in [1.54, 1.807) is 24.3 Å². The molecule has 1 saturated carbocycles. The number of ketones is 2. The first-order chi connectivity index (χ1) is 11.3. The number of hydrogen-bond donors (Lipinski definition) is 1. The van der Waals surface area contributed by atoms with Gasteiger partial charge in [-0.05, 0) is 49.4 Å². The zero-order valence-corrected chi connectivity index (χ0v) is 14.8. The Morgan fingerprint density at radius 2 is 1.54 bits per heavy atom. The zero-order valence-electron chi connectivity index (χ0n) is 14.8. The van der Waals surface area contributed by atoms with Crippen LogP contribution >= 0.6 is 0 Å². The van der Waals surface area contributed by atoms with Gasteiger partial charge in [0, 0.05) is 16.7 Å². The molecule has 0 saturated heterocycles. The third-order valence-electron chi connectivity index (χ3n) is 5.76. The van der Waals surface area contributed by atoms with Gasteiger partial charge in [0.25, 0.3) is 0 Å². The van der Waals surface area contributed by atoms with Crippen molar-refractivity contribution in [1.82, 2.24) is 0 Å². The Morgan fingerprint density at radius 1 is 0.958 bits per heavy atom. The van der Waals surface area contributed by atoms with Gasteiger partial charge in [-0.3, -0.25) is 9.59 Å². The van der Waals surface area contributed by atoms with E-state index < -0.39 is 11.6 Å². The molecule has 2 aliphatic carbocycles. The first-order valence-electron chi connectivity index (χ1n) is 8.89. The van der Waals surface area contributed by atoms with Crippen molar-refractivity contribution < 1.29 is 14.7 Å². The van der Waals surface area contributed by atoms with Crippen molar-refractivity contribution in [2.75, 3.05) is 0 Å². The molecule has 3 nitrogen and oxygen atoms in total. The number of fused-ring (bicyclic) bond motifs is 1. The average molecular weight is 326 g/mol. The number of carbonyl (C=O) groups excluding carboxylic acids is 2. The molecule has 1 fully saturated rings. The largest absolute Gasteiger partial charge is 0.507 e. The van der Waals surface area contributed by atoms with E-state index in [0.717, 1.165) is 25.7 Å². The second kappa shape index (κ2) is 6.19. The van der Waals surface area contributed by atoms with Crippen molar-refractivity contribution in [1.29, 1.82) is 0 Å². The highest BCUT2D eigenvalue weighted by molar-refractivity contribution is 6.52. The number of carbonyl (C=O) groups is 2. The maximum Gasteiger partial charge on any atom is 0.234 e. The highest BCUT2D eigenvalue weighted by Gasteiger charge is 2.35. The molecule has 0 aromatic heterocycles. The van der Waals surface area contributed by atoms with Gasteiger partial charge in [0.1, 0.15) is 5.76 Å². The molecule has 1 aromatic rings. The summed E-state index contributed by atoms with van der Waals surface area (Å²) >= 11 is 0. The summed E-state index contributed by atoms with van der Waals surface area (Å²) in [6.07, 6.45) is 4.94. The maximum atomic E-state index is 12.4. The van der Waals surface area contributed by atoms with E-state index in [4.69, 9.17) is 0 Å². The fraction of sp³-hybridized carbons (Fsp3) is 0.524. The highest BCUT2D eigenvalue weighted by Crippen LogP contribution is 2.42. The summed E-state index contributed by atoms with van der Waals surface area (Å²) in [6, 6.07) is 6.82. The van der Waals surface area contributed by atoms with Gasteiger partial charge in [-0.2, -0.15) is 0 Å². The second-order valence-electron chi connectivity index (χ2n) is 8.32. The number of aliphatic hydroxyl groups is 1. The minimum atomic E-state index is -0.524. The smallest absolute Gasteiger partial charge is 0.234 e. The summed E-state index contributed by atoms with van der Waals surface area (Å²) < 4.78 is 0. The van der Waals surface area contributed by atoms with Gasteiger partial charge in [0.05, 0.1) is 0 Å². The van der Waals surface area contributed by atoms with Crippen LogP contribution in [0.3, 0.4) is 0 Å². The number of benzene rings is 1. The molecule has 0 atom stereocenters. The van der Waals surface area contributed by atoms with Gasteiger partial charge < -0.3 is 5.11 Å². The molecule has 128 valence electrons. The number of Topliss-reactive ketones (excluding diaryl/α,β-unsaturated/α-hetero) is 2. The molecular weight excluding hydrogens is 300 g/mol. The zero-order chi connectivity index (χ0) is 17.5. The number of allylic oxidation sites excluding steroid dienone is 1. The van der Waals surface area contributed by atoms with Crippen molar-refractivity contribution in [2.45, 2.75) is 52.9 Å². The number of rotatable bonds is 2. The molecule has 0 heterocycles. The quantitative estimate of drug-likeness (QED) is 0.781. The average Bonchev–Trinajstić information content (AvgIpc) is 2.56. The van der Waals surface area contributed by atoms with E-state index in [2.05, 4.69) is 20.8 Å². The Balaban J connectivity index is 1.78. The van der Waals surface area contributed by atoms with Gasteiger partial charge in [0.2, 0.25) is 11.6 Å². The van der Waals surface area contributed by atoms with Gasteiger partial charge >= 0.3 is 0 Å². The van der Waals surface area contributed by atoms with E-state index in [9.17, 15) is 14.7 Å². The Bertz CT molecular complexity index is 698. The van der Waals surface area contributed by atoms with Crippen LogP contribution in [0.2, 0.25) is 0 Å². The van der Waals surface area contributed by atoms with E-state index in [-0.39, 0.29) is 5.76 Å². The van der Waals surface area contributed by atoms with Crippen LogP contribution in [0.15, 0.2) is 29.8 Å². The normalized spacial score (nSPS) is 25.0. The first-order valence-corrected chi connectivity index (χ1v) is 8.89.